The van der Waals surface area contributed by atoms with Crippen LogP contribution in [0.15, 0.2) is 24.3 Å². The molecular formula is C9H11N5O. The molecule has 1 aromatic carbocycles. The van der Waals surface area contributed by atoms with E-state index in [2.05, 4.69) is 10.2 Å². The fraction of sp³-hybridized carbons (Fsp3) is 0.111. The summed E-state index contributed by atoms with van der Waals surface area (Å²) in [6.07, 6.45) is 0. The summed E-state index contributed by atoms with van der Waals surface area (Å²) in [6, 6.07) is 7.39. The quantitative estimate of drug-likeness (QED) is 0.685. The molecule has 0 aliphatic heterocycles. The number of nitrogens with two attached hydrogens (primary N) is 2. The number of hydrogen-bond acceptors (Lipinski definition) is 5. The van der Waals surface area contributed by atoms with Gasteiger partial charge in [0.2, 0.25) is 5.95 Å². The second kappa shape index (κ2) is 3.49. The number of methoxy groups -OCH3 is 1. The monoisotopic (exact) mass is 205 g/mol. The normalized spacial score (nSPS) is 10.2. The summed E-state index contributed by atoms with van der Waals surface area (Å²) >= 11 is 0. The molecule has 0 bridgehead atoms. The Morgan fingerprint density at radius 1 is 1.27 bits per heavy atom. The average Bonchev–Trinajstić information content (AvgIpc) is 2.60. The van der Waals surface area contributed by atoms with Crippen molar-refractivity contribution in [2.45, 2.75) is 0 Å². The molecule has 1 heterocycles. The van der Waals surface area contributed by atoms with Crippen LogP contribution in [0.1, 0.15) is 0 Å². The number of benzene rings is 1. The van der Waals surface area contributed by atoms with E-state index in [1.165, 1.54) is 4.68 Å². The number of rotatable bonds is 2. The van der Waals surface area contributed by atoms with Gasteiger partial charge in [0, 0.05) is 0 Å². The van der Waals surface area contributed by atoms with Crippen molar-refractivity contribution < 1.29 is 4.74 Å². The van der Waals surface area contributed by atoms with E-state index in [9.17, 15) is 0 Å². The summed E-state index contributed by atoms with van der Waals surface area (Å²) in [5.41, 5.74) is 6.25. The maximum absolute atomic E-state index is 5.67. The van der Waals surface area contributed by atoms with Crippen LogP contribution in [0.4, 0.5) is 5.95 Å². The number of nitrogen functional groups attached to an aromatic ring is 2. The third kappa shape index (κ3) is 1.45. The van der Waals surface area contributed by atoms with Crippen LogP contribution < -0.4 is 16.3 Å². The molecule has 0 unspecified atom stereocenters. The molecule has 0 saturated heterocycles. The summed E-state index contributed by atoms with van der Waals surface area (Å²) in [5, 5.41) is 7.56. The lowest BCUT2D eigenvalue weighted by Gasteiger charge is -2.06. The van der Waals surface area contributed by atoms with Crippen LogP contribution in [0.2, 0.25) is 0 Å². The van der Waals surface area contributed by atoms with Crippen LogP contribution in [-0.2, 0) is 0 Å². The Morgan fingerprint density at radius 3 is 2.60 bits per heavy atom. The number of para-hydroxylation sites is 1. The number of hydrogen-bond donors (Lipinski definition) is 2. The lowest BCUT2D eigenvalue weighted by molar-refractivity contribution is 0.416. The molecule has 0 atom stereocenters. The van der Waals surface area contributed by atoms with Gasteiger partial charge >= 0.3 is 0 Å². The Bertz CT molecular complexity index is 479. The number of ether oxygens (including phenoxy) is 1. The fourth-order valence-electron chi connectivity index (χ4n) is 1.32. The molecular weight excluding hydrogens is 194 g/mol. The minimum absolute atomic E-state index is 0.163. The summed E-state index contributed by atoms with van der Waals surface area (Å²) in [6.45, 7) is 0. The van der Waals surface area contributed by atoms with Crippen LogP contribution >= 0.6 is 0 Å². The highest BCUT2D eigenvalue weighted by atomic mass is 16.5. The molecule has 2 aromatic rings. The Morgan fingerprint density at radius 2 is 2.00 bits per heavy atom. The first-order valence-electron chi connectivity index (χ1n) is 4.33. The third-order valence-corrected chi connectivity index (χ3v) is 2.07. The van der Waals surface area contributed by atoms with Crippen molar-refractivity contribution >= 4 is 5.95 Å². The highest BCUT2D eigenvalue weighted by molar-refractivity contribution is 5.65. The zero-order valence-corrected chi connectivity index (χ0v) is 8.21. The zero-order chi connectivity index (χ0) is 10.8. The SMILES string of the molecule is COc1ccccc1-c1nnc(N)n1N. The topological polar surface area (TPSA) is 92.0 Å². The van der Waals surface area contributed by atoms with Gasteiger partial charge in [-0.15, -0.1) is 10.2 Å². The molecule has 4 N–H and O–H groups in total. The first-order chi connectivity index (χ1) is 7.24. The summed E-state index contributed by atoms with van der Waals surface area (Å²) in [4.78, 5) is 0. The smallest absolute Gasteiger partial charge is 0.241 e. The minimum atomic E-state index is 0.163. The Kier molecular flexibility index (Phi) is 2.17. The van der Waals surface area contributed by atoms with E-state index in [1.807, 2.05) is 24.3 Å². The minimum Gasteiger partial charge on any atom is -0.496 e. The van der Waals surface area contributed by atoms with Crippen LogP contribution in [0.5, 0.6) is 5.75 Å². The molecule has 0 spiro atoms. The Labute approximate surface area is 86.4 Å². The number of aromatic nitrogens is 3. The van der Waals surface area contributed by atoms with Crippen molar-refractivity contribution in [2.24, 2.45) is 0 Å². The van der Waals surface area contributed by atoms with Crippen molar-refractivity contribution in [1.29, 1.82) is 0 Å². The Balaban J connectivity index is 2.58. The fourth-order valence-corrected chi connectivity index (χ4v) is 1.32. The molecule has 1 aromatic heterocycles. The van der Waals surface area contributed by atoms with Gasteiger partial charge in [-0.05, 0) is 12.1 Å². The molecule has 78 valence electrons. The van der Waals surface area contributed by atoms with E-state index >= 15 is 0 Å². The van der Waals surface area contributed by atoms with Gasteiger partial charge in [-0.2, -0.15) is 0 Å². The first-order valence-corrected chi connectivity index (χ1v) is 4.33. The van der Waals surface area contributed by atoms with E-state index in [4.69, 9.17) is 16.3 Å². The van der Waals surface area contributed by atoms with Gasteiger partial charge in [-0.3, -0.25) is 0 Å². The van der Waals surface area contributed by atoms with Crippen molar-refractivity contribution in [3.63, 3.8) is 0 Å². The predicted octanol–water partition coefficient (Wildman–Crippen LogP) is 0.250. The molecule has 0 aliphatic carbocycles. The maximum Gasteiger partial charge on any atom is 0.241 e. The van der Waals surface area contributed by atoms with Crippen molar-refractivity contribution in [3.05, 3.63) is 24.3 Å². The maximum atomic E-state index is 5.67. The standard InChI is InChI=1S/C9H11N5O/c1-15-7-5-3-2-4-6(7)8-12-13-9(10)14(8)11/h2-5H,11H2,1H3,(H2,10,13). The van der Waals surface area contributed by atoms with E-state index < -0.39 is 0 Å². The average molecular weight is 205 g/mol. The molecule has 2 rings (SSSR count). The van der Waals surface area contributed by atoms with Gasteiger partial charge in [-0.25, -0.2) is 4.68 Å². The highest BCUT2D eigenvalue weighted by Gasteiger charge is 2.12. The Hall–Kier alpha value is -2.24. The van der Waals surface area contributed by atoms with Gasteiger partial charge in [0.1, 0.15) is 5.75 Å². The van der Waals surface area contributed by atoms with Crippen LogP contribution in [0, 0.1) is 0 Å². The van der Waals surface area contributed by atoms with Crippen LogP contribution in [0.25, 0.3) is 11.4 Å². The molecule has 0 fully saturated rings. The van der Waals surface area contributed by atoms with E-state index in [0.717, 1.165) is 5.56 Å². The number of nitrogens with zero attached hydrogens (tertiary/aromatic N) is 3. The molecule has 0 radical (unpaired) electrons. The zero-order valence-electron chi connectivity index (χ0n) is 8.21. The van der Waals surface area contributed by atoms with Crippen molar-refractivity contribution in [3.8, 4) is 17.1 Å². The van der Waals surface area contributed by atoms with E-state index in [1.54, 1.807) is 7.11 Å². The molecule has 6 nitrogen and oxygen atoms in total. The second-order valence-electron chi connectivity index (χ2n) is 2.95. The molecule has 0 amide bonds. The first kappa shape index (κ1) is 9.32. The number of anilines is 1. The van der Waals surface area contributed by atoms with Gasteiger partial charge in [0.25, 0.3) is 0 Å². The van der Waals surface area contributed by atoms with Gasteiger partial charge in [-0.1, -0.05) is 12.1 Å². The summed E-state index contributed by atoms with van der Waals surface area (Å²) in [5.74, 6) is 6.99. The van der Waals surface area contributed by atoms with Gasteiger partial charge < -0.3 is 16.3 Å². The molecule has 6 heteroatoms. The van der Waals surface area contributed by atoms with E-state index in [-0.39, 0.29) is 5.95 Å². The molecule has 15 heavy (non-hydrogen) atoms. The summed E-state index contributed by atoms with van der Waals surface area (Å²) < 4.78 is 6.41. The molecule has 0 saturated carbocycles. The van der Waals surface area contributed by atoms with Crippen LogP contribution in [-0.4, -0.2) is 22.0 Å². The third-order valence-electron chi connectivity index (χ3n) is 2.07. The van der Waals surface area contributed by atoms with Crippen molar-refractivity contribution in [2.75, 3.05) is 18.7 Å². The largest absolute Gasteiger partial charge is 0.496 e. The highest BCUT2D eigenvalue weighted by Crippen LogP contribution is 2.27. The second-order valence-corrected chi connectivity index (χ2v) is 2.95. The van der Waals surface area contributed by atoms with Gasteiger partial charge in [0.15, 0.2) is 5.82 Å². The van der Waals surface area contributed by atoms with Crippen molar-refractivity contribution in [1.82, 2.24) is 14.9 Å². The van der Waals surface area contributed by atoms with Gasteiger partial charge in [0.05, 0.1) is 12.7 Å². The summed E-state index contributed by atoms with van der Waals surface area (Å²) in [7, 11) is 1.58. The predicted molar refractivity (Wildman–Crippen MR) is 56.6 cm³/mol. The lowest BCUT2D eigenvalue weighted by Crippen LogP contribution is -2.13. The molecule has 0 aliphatic rings. The van der Waals surface area contributed by atoms with E-state index in [0.29, 0.717) is 11.6 Å². The lowest BCUT2D eigenvalue weighted by atomic mass is 10.2. The van der Waals surface area contributed by atoms with Crippen LogP contribution in [0.3, 0.4) is 0 Å².